The molecule has 1 N–H and O–H groups in total. The van der Waals surface area contributed by atoms with Crippen LogP contribution < -0.4 is 0 Å². The number of rotatable bonds is 6. The molecule has 2 unspecified atom stereocenters. The molecular weight excluding hydrogens is 386 g/mol. The van der Waals surface area contributed by atoms with E-state index in [9.17, 15) is 9.00 Å². The molecule has 2 atom stereocenters. The molecule has 6 nitrogen and oxygen atoms in total. The number of nitrogens with zero attached hydrogens (tertiary/aromatic N) is 1. The summed E-state index contributed by atoms with van der Waals surface area (Å²) in [5.74, 6) is 0.784. The van der Waals surface area contributed by atoms with Crippen LogP contribution >= 0.6 is 15.9 Å². The van der Waals surface area contributed by atoms with Crippen LogP contribution in [-0.4, -0.2) is 19.7 Å². The molecule has 0 saturated heterocycles. The van der Waals surface area contributed by atoms with E-state index in [1.807, 2.05) is 0 Å². The molecule has 0 bridgehead atoms. The van der Waals surface area contributed by atoms with Crippen LogP contribution in [0.5, 0.6) is 0 Å². The van der Waals surface area contributed by atoms with E-state index >= 15 is 0 Å². The van der Waals surface area contributed by atoms with Gasteiger partial charge in [-0.3, -0.25) is 13.5 Å². The zero-order valence-corrected chi connectivity index (χ0v) is 14.6. The van der Waals surface area contributed by atoms with Gasteiger partial charge in [-0.2, -0.15) is 4.21 Å². The van der Waals surface area contributed by atoms with E-state index in [2.05, 4.69) is 21.1 Å². The summed E-state index contributed by atoms with van der Waals surface area (Å²) in [5, 5.41) is 3.75. The highest BCUT2D eigenvalue weighted by Gasteiger charge is 2.33. The maximum atomic E-state index is 12.7. The lowest BCUT2D eigenvalue weighted by Gasteiger charge is -2.12. The average molecular weight is 400 g/mol. The Labute approximate surface area is 143 Å². The van der Waals surface area contributed by atoms with E-state index in [1.165, 1.54) is 6.20 Å². The fourth-order valence-corrected chi connectivity index (χ4v) is 3.29. The molecule has 1 aliphatic carbocycles. The molecule has 23 heavy (non-hydrogen) atoms. The van der Waals surface area contributed by atoms with Crippen molar-refractivity contribution in [3.05, 3.63) is 51.3 Å². The van der Waals surface area contributed by atoms with E-state index in [0.717, 1.165) is 12.8 Å². The van der Waals surface area contributed by atoms with Gasteiger partial charge >= 0.3 is 11.4 Å². The van der Waals surface area contributed by atoms with Crippen LogP contribution in [0.2, 0.25) is 0 Å². The summed E-state index contributed by atoms with van der Waals surface area (Å²) in [5.41, 5.74) is 1.65. The Morgan fingerprint density at radius 2 is 2.22 bits per heavy atom. The van der Waals surface area contributed by atoms with Gasteiger partial charge in [0.25, 0.3) is 0 Å². The molecule has 1 aromatic carbocycles. The fourth-order valence-electron chi connectivity index (χ4n) is 2.35. The minimum Gasteiger partial charge on any atom is -0.360 e. The van der Waals surface area contributed by atoms with Gasteiger partial charge in [0.05, 0.1) is 17.9 Å². The highest BCUT2D eigenvalue weighted by Crippen LogP contribution is 2.42. The molecule has 1 aliphatic rings. The molecule has 1 aromatic heterocycles. The second kappa shape index (κ2) is 6.64. The lowest BCUT2D eigenvalue weighted by molar-refractivity contribution is 0.103. The molecular formula is C15H14BrNO5S. The first kappa shape index (κ1) is 16.5. The van der Waals surface area contributed by atoms with Crippen molar-refractivity contribution >= 4 is 33.1 Å². The van der Waals surface area contributed by atoms with E-state index in [1.54, 1.807) is 25.1 Å². The Morgan fingerprint density at radius 1 is 1.48 bits per heavy atom. The van der Waals surface area contributed by atoms with E-state index in [4.69, 9.17) is 13.3 Å². The van der Waals surface area contributed by atoms with E-state index in [0.29, 0.717) is 32.8 Å². The maximum absolute atomic E-state index is 12.7. The van der Waals surface area contributed by atoms with Crippen LogP contribution in [0.25, 0.3) is 0 Å². The lowest BCUT2D eigenvalue weighted by atomic mass is 10.0. The number of hydrogen-bond acceptors (Lipinski definition) is 5. The Bertz CT molecular complexity index is 771. The third-order valence-corrected chi connectivity index (χ3v) is 4.83. The summed E-state index contributed by atoms with van der Waals surface area (Å²) in [4.78, 5) is 12.7. The molecule has 1 heterocycles. The van der Waals surface area contributed by atoms with Gasteiger partial charge in [0.15, 0.2) is 11.5 Å². The van der Waals surface area contributed by atoms with Gasteiger partial charge in [-0.15, -0.1) is 0 Å². The number of ketones is 1. The maximum Gasteiger partial charge on any atom is 0.302 e. The molecule has 0 aliphatic heterocycles. The fraction of sp³-hybridized carbons (Fsp3) is 0.333. The molecule has 1 saturated carbocycles. The van der Waals surface area contributed by atoms with Crippen LogP contribution in [0.3, 0.4) is 0 Å². The van der Waals surface area contributed by atoms with E-state index < -0.39 is 17.5 Å². The van der Waals surface area contributed by atoms with E-state index in [-0.39, 0.29) is 5.78 Å². The largest absolute Gasteiger partial charge is 0.360 e. The quantitative estimate of drug-likeness (QED) is 0.587. The summed E-state index contributed by atoms with van der Waals surface area (Å²) in [6, 6.07) is 5.06. The molecule has 2 aromatic rings. The number of carbonyl (C=O) groups excluding carboxylic acids is 1. The standard InChI is InChI=1S/C15H14BrNO5S/c1-8(22-23(19)20)10-4-5-11(13(16)6-10)14(18)12-7-17-21-15(12)9-2-3-9/h4-9H,2-3H2,1H3,(H,19,20). The summed E-state index contributed by atoms with van der Waals surface area (Å²) < 4.78 is 30.1. The predicted molar refractivity (Wildman–Crippen MR) is 86.3 cm³/mol. The predicted octanol–water partition coefficient (Wildman–Crippen LogP) is 3.76. The second-order valence-electron chi connectivity index (χ2n) is 5.40. The van der Waals surface area contributed by atoms with Gasteiger partial charge in [0.1, 0.15) is 0 Å². The van der Waals surface area contributed by atoms with Gasteiger partial charge in [0.2, 0.25) is 0 Å². The first-order valence-electron chi connectivity index (χ1n) is 7.04. The molecule has 0 amide bonds. The van der Waals surface area contributed by atoms with Crippen LogP contribution in [-0.2, 0) is 15.5 Å². The van der Waals surface area contributed by atoms with Crippen LogP contribution in [0, 0.1) is 0 Å². The molecule has 0 spiro atoms. The first-order chi connectivity index (χ1) is 11.0. The summed E-state index contributed by atoms with van der Waals surface area (Å²) in [6.45, 7) is 1.66. The van der Waals surface area contributed by atoms with Gasteiger partial charge in [-0.1, -0.05) is 27.2 Å². The Balaban J connectivity index is 1.86. The topological polar surface area (TPSA) is 89.6 Å². The van der Waals surface area contributed by atoms with Crippen LogP contribution in [0.1, 0.15) is 59.0 Å². The third kappa shape index (κ3) is 3.60. The molecule has 1 fully saturated rings. The Hall–Kier alpha value is -1.35. The zero-order valence-electron chi connectivity index (χ0n) is 12.2. The molecule has 8 heteroatoms. The SMILES string of the molecule is CC(OS(=O)O)c1ccc(C(=O)c2cnoc2C2CC2)c(Br)c1. The number of aromatic nitrogens is 1. The smallest absolute Gasteiger partial charge is 0.302 e. The number of benzene rings is 1. The van der Waals surface area contributed by atoms with Crippen molar-refractivity contribution in [2.45, 2.75) is 31.8 Å². The minimum absolute atomic E-state index is 0.161. The minimum atomic E-state index is -2.35. The molecule has 3 rings (SSSR count). The third-order valence-electron chi connectivity index (χ3n) is 3.72. The van der Waals surface area contributed by atoms with Gasteiger partial charge in [-0.05, 0) is 37.5 Å². The normalized spacial score (nSPS) is 17.0. The average Bonchev–Trinajstić information content (AvgIpc) is 3.23. The molecule has 0 radical (unpaired) electrons. The summed E-state index contributed by atoms with van der Waals surface area (Å²) >= 11 is 1.03. The summed E-state index contributed by atoms with van der Waals surface area (Å²) in [7, 11) is 0. The van der Waals surface area contributed by atoms with Crippen molar-refractivity contribution in [2.24, 2.45) is 0 Å². The number of carbonyl (C=O) groups is 1. The van der Waals surface area contributed by atoms with Crippen molar-refractivity contribution in [3.63, 3.8) is 0 Å². The number of halogens is 1. The Morgan fingerprint density at radius 3 is 2.83 bits per heavy atom. The second-order valence-corrected chi connectivity index (χ2v) is 6.88. The van der Waals surface area contributed by atoms with Crippen molar-refractivity contribution < 1.29 is 22.3 Å². The lowest BCUT2D eigenvalue weighted by Crippen LogP contribution is -2.06. The van der Waals surface area contributed by atoms with Gasteiger partial charge in [0, 0.05) is 16.0 Å². The van der Waals surface area contributed by atoms with Crippen molar-refractivity contribution in [1.82, 2.24) is 5.16 Å². The first-order valence-corrected chi connectivity index (χ1v) is 8.86. The van der Waals surface area contributed by atoms with Crippen LogP contribution in [0.15, 0.2) is 33.4 Å². The summed E-state index contributed by atoms with van der Waals surface area (Å²) in [6.07, 6.45) is 2.92. The van der Waals surface area contributed by atoms with Gasteiger partial charge < -0.3 is 4.52 Å². The zero-order chi connectivity index (χ0) is 16.6. The van der Waals surface area contributed by atoms with Crippen molar-refractivity contribution in [2.75, 3.05) is 0 Å². The Kier molecular flexibility index (Phi) is 4.77. The van der Waals surface area contributed by atoms with Crippen LogP contribution in [0.4, 0.5) is 0 Å². The monoisotopic (exact) mass is 399 g/mol. The van der Waals surface area contributed by atoms with Gasteiger partial charge in [-0.25, -0.2) is 0 Å². The van der Waals surface area contributed by atoms with Crippen molar-refractivity contribution in [1.29, 1.82) is 0 Å². The molecule has 122 valence electrons. The highest BCUT2D eigenvalue weighted by atomic mass is 79.9. The highest BCUT2D eigenvalue weighted by molar-refractivity contribution is 9.10. The number of hydrogen-bond donors (Lipinski definition) is 1. The van der Waals surface area contributed by atoms with Crippen molar-refractivity contribution in [3.8, 4) is 0 Å².